The Morgan fingerprint density at radius 2 is 1.07 bits per heavy atom. The summed E-state index contributed by atoms with van der Waals surface area (Å²) >= 11 is 0. The number of piperidine rings is 2. The van der Waals surface area contributed by atoms with Crippen LogP contribution in [0, 0.1) is 0 Å². The van der Waals surface area contributed by atoms with Crippen molar-refractivity contribution in [2.75, 3.05) is 26.2 Å². The molecule has 6 heteroatoms. The molecule has 0 bridgehead atoms. The van der Waals surface area contributed by atoms with Crippen molar-refractivity contribution in [2.45, 2.75) is 83.2 Å². The van der Waals surface area contributed by atoms with Gasteiger partial charge in [0, 0.05) is 33.1 Å². The quantitative estimate of drug-likeness (QED) is 0.289. The molecule has 2 atom stereocenters. The smallest absolute Gasteiger partial charge is 0.198 e. The Morgan fingerprint density at radius 3 is 1.38 bits per heavy atom. The summed E-state index contributed by atoms with van der Waals surface area (Å²) in [6, 6.07) is 1.50. The SMILES string of the molecule is C1=CC(N2CCCCC2)CC1N1CCCCC1.C=C[Si](C)(C)O[Si](C)(C)C=C.[Pt]. The maximum Gasteiger partial charge on any atom is 0.198 e. The van der Waals surface area contributed by atoms with Crippen LogP contribution in [0.2, 0.25) is 26.2 Å². The van der Waals surface area contributed by atoms with Crippen molar-refractivity contribution < 1.29 is 25.2 Å². The van der Waals surface area contributed by atoms with Gasteiger partial charge in [-0.25, -0.2) is 0 Å². The maximum absolute atomic E-state index is 5.97. The standard InChI is InChI=1S/C15H26N2.C8H18OSi2.Pt/c1-3-9-16(10-4-1)14-7-8-15(13-14)17-11-5-2-6-12-17;1-7-10(3,4)9-11(5,6)8-2;/h7-8,14-15H,1-6,9-13H2;7-8H,1-2H2,3-6H3;. The van der Waals surface area contributed by atoms with E-state index >= 15 is 0 Å². The van der Waals surface area contributed by atoms with Crippen molar-refractivity contribution in [3.63, 3.8) is 0 Å². The molecule has 170 valence electrons. The van der Waals surface area contributed by atoms with Crippen LogP contribution in [0.1, 0.15) is 44.9 Å². The van der Waals surface area contributed by atoms with Crippen LogP contribution >= 0.6 is 0 Å². The molecule has 2 fully saturated rings. The van der Waals surface area contributed by atoms with Crippen LogP contribution in [0.25, 0.3) is 0 Å². The first-order valence-electron chi connectivity index (χ1n) is 11.4. The molecule has 0 aromatic heterocycles. The molecule has 3 nitrogen and oxygen atoms in total. The molecule has 0 aromatic carbocycles. The zero-order chi connectivity index (χ0) is 20.6. The van der Waals surface area contributed by atoms with Gasteiger partial charge in [-0.15, -0.1) is 13.2 Å². The summed E-state index contributed by atoms with van der Waals surface area (Å²) < 4.78 is 5.97. The summed E-state index contributed by atoms with van der Waals surface area (Å²) in [6.45, 7) is 21.5. The van der Waals surface area contributed by atoms with E-state index in [-0.39, 0.29) is 21.1 Å². The van der Waals surface area contributed by atoms with Gasteiger partial charge in [-0.3, -0.25) is 9.80 Å². The Kier molecular flexibility index (Phi) is 12.1. The Hall–Kier alpha value is 0.222. The van der Waals surface area contributed by atoms with Gasteiger partial charge in [-0.2, -0.15) is 0 Å². The fourth-order valence-electron chi connectivity index (χ4n) is 4.46. The number of hydrogen-bond donors (Lipinski definition) is 0. The maximum atomic E-state index is 5.97. The van der Waals surface area contributed by atoms with Gasteiger partial charge in [0.2, 0.25) is 0 Å². The largest absolute Gasteiger partial charge is 0.449 e. The van der Waals surface area contributed by atoms with E-state index in [0.29, 0.717) is 0 Å². The average Bonchev–Trinajstić information content (AvgIpc) is 3.19. The summed E-state index contributed by atoms with van der Waals surface area (Å²) in [7, 11) is -3.16. The Labute approximate surface area is 197 Å². The predicted molar refractivity (Wildman–Crippen MR) is 129 cm³/mol. The van der Waals surface area contributed by atoms with Crippen molar-refractivity contribution in [1.82, 2.24) is 9.80 Å². The molecule has 0 radical (unpaired) electrons. The van der Waals surface area contributed by atoms with E-state index in [2.05, 4.69) is 61.3 Å². The van der Waals surface area contributed by atoms with Crippen LogP contribution in [-0.2, 0) is 25.2 Å². The van der Waals surface area contributed by atoms with Crippen LogP contribution in [0.3, 0.4) is 0 Å². The van der Waals surface area contributed by atoms with Gasteiger partial charge in [0.25, 0.3) is 0 Å². The first-order valence-corrected chi connectivity index (χ1v) is 17.4. The zero-order valence-electron chi connectivity index (χ0n) is 19.3. The molecule has 0 amide bonds. The van der Waals surface area contributed by atoms with Gasteiger partial charge < -0.3 is 4.12 Å². The van der Waals surface area contributed by atoms with Crippen LogP contribution in [0.5, 0.6) is 0 Å². The summed E-state index contributed by atoms with van der Waals surface area (Å²) in [5, 5.41) is 0. The van der Waals surface area contributed by atoms with E-state index in [1.165, 1.54) is 71.1 Å². The van der Waals surface area contributed by atoms with Crippen molar-refractivity contribution in [3.05, 3.63) is 36.7 Å². The second-order valence-corrected chi connectivity index (χ2v) is 17.7. The van der Waals surface area contributed by atoms with Crippen molar-refractivity contribution in [1.29, 1.82) is 0 Å². The molecule has 2 heterocycles. The molecule has 2 saturated heterocycles. The topological polar surface area (TPSA) is 15.7 Å². The minimum Gasteiger partial charge on any atom is -0.449 e. The van der Waals surface area contributed by atoms with Gasteiger partial charge in [-0.05, 0) is 84.5 Å². The number of hydrogen-bond acceptors (Lipinski definition) is 3. The summed E-state index contributed by atoms with van der Waals surface area (Å²) in [5.41, 5.74) is 3.93. The second kappa shape index (κ2) is 12.9. The first kappa shape index (κ1) is 27.3. The fraction of sp³-hybridized carbons (Fsp3) is 0.739. The third-order valence-corrected chi connectivity index (χ3v) is 12.4. The molecule has 0 spiro atoms. The fourth-order valence-corrected chi connectivity index (χ4v) is 10.6. The summed E-state index contributed by atoms with van der Waals surface area (Å²) in [5.74, 6) is 0. The van der Waals surface area contributed by atoms with E-state index in [0.717, 1.165) is 12.1 Å². The van der Waals surface area contributed by atoms with E-state index in [1.807, 2.05) is 11.4 Å². The Morgan fingerprint density at radius 1 is 0.724 bits per heavy atom. The number of rotatable bonds is 6. The van der Waals surface area contributed by atoms with Gasteiger partial charge in [0.15, 0.2) is 16.6 Å². The molecule has 29 heavy (non-hydrogen) atoms. The van der Waals surface area contributed by atoms with E-state index in [1.54, 1.807) is 0 Å². The molecule has 0 saturated carbocycles. The van der Waals surface area contributed by atoms with E-state index in [4.69, 9.17) is 4.12 Å². The average molecular weight is 616 g/mol. The first-order chi connectivity index (χ1) is 13.3. The number of nitrogens with zero attached hydrogens (tertiary/aromatic N) is 2. The molecule has 2 unspecified atom stereocenters. The van der Waals surface area contributed by atoms with Gasteiger partial charge in [0.05, 0.1) is 0 Å². The van der Waals surface area contributed by atoms with E-state index < -0.39 is 16.6 Å². The van der Waals surface area contributed by atoms with Crippen LogP contribution in [0.15, 0.2) is 36.7 Å². The predicted octanol–water partition coefficient (Wildman–Crippen LogP) is 5.52. The molecular weight excluding hydrogens is 572 g/mol. The minimum atomic E-state index is -1.58. The summed E-state index contributed by atoms with van der Waals surface area (Å²) in [4.78, 5) is 5.42. The molecule has 3 aliphatic rings. The van der Waals surface area contributed by atoms with Crippen LogP contribution in [0.4, 0.5) is 0 Å². The third-order valence-electron chi connectivity index (χ3n) is 6.27. The van der Waals surface area contributed by atoms with Crippen molar-refractivity contribution >= 4 is 16.6 Å². The van der Waals surface area contributed by atoms with Crippen LogP contribution < -0.4 is 0 Å². The molecule has 0 N–H and O–H groups in total. The Balaban J connectivity index is 0.000000310. The molecule has 1 aliphatic carbocycles. The normalized spacial score (nSPS) is 26.2. The Bertz CT molecular complexity index is 483. The van der Waals surface area contributed by atoms with E-state index in [9.17, 15) is 0 Å². The third kappa shape index (κ3) is 9.49. The van der Waals surface area contributed by atoms with Crippen molar-refractivity contribution in [3.8, 4) is 0 Å². The van der Waals surface area contributed by atoms with Gasteiger partial charge >= 0.3 is 0 Å². The summed E-state index contributed by atoms with van der Waals surface area (Å²) in [6.07, 6.45) is 14.9. The second-order valence-electron chi connectivity index (χ2n) is 9.67. The zero-order valence-corrected chi connectivity index (χ0v) is 23.5. The molecular formula is C23H44N2OPtSi2. The molecule has 3 rings (SSSR count). The number of likely N-dealkylation sites (tertiary alicyclic amines) is 2. The van der Waals surface area contributed by atoms with Crippen LogP contribution in [-0.4, -0.2) is 64.7 Å². The van der Waals surface area contributed by atoms with Gasteiger partial charge in [0.1, 0.15) is 0 Å². The molecule has 0 aromatic rings. The monoisotopic (exact) mass is 615 g/mol. The van der Waals surface area contributed by atoms with Gasteiger partial charge in [-0.1, -0.05) is 36.4 Å². The minimum absolute atomic E-state index is 0. The molecule has 2 aliphatic heterocycles. The van der Waals surface area contributed by atoms with Crippen molar-refractivity contribution in [2.24, 2.45) is 0 Å².